The van der Waals surface area contributed by atoms with Crippen LogP contribution in [-0.4, -0.2) is 60.8 Å². The maximum Gasteiger partial charge on any atom is 0.0580 e. The van der Waals surface area contributed by atoms with Crippen molar-refractivity contribution in [3.05, 3.63) is 0 Å². The molecule has 2 atom stereocenters. The summed E-state index contributed by atoms with van der Waals surface area (Å²) in [5.74, 6) is 0.554. The van der Waals surface area contributed by atoms with Gasteiger partial charge in [0.15, 0.2) is 0 Å². The summed E-state index contributed by atoms with van der Waals surface area (Å²) in [7, 11) is 2.18. The first kappa shape index (κ1) is 10.4. The maximum atomic E-state index is 9.73. The lowest BCUT2D eigenvalue weighted by molar-refractivity contribution is 0.0803. The molecule has 1 N–H and O–H groups in total. The molecule has 14 heavy (non-hydrogen) atoms. The molecule has 0 amide bonds. The Morgan fingerprint density at radius 2 is 1.86 bits per heavy atom. The number of aliphatic hydroxyl groups excluding tert-OH is 1. The van der Waals surface area contributed by atoms with Crippen LogP contribution in [0.1, 0.15) is 19.3 Å². The second kappa shape index (κ2) is 4.60. The predicted octanol–water partition coefficient (Wildman–Crippen LogP) is 0.395. The summed E-state index contributed by atoms with van der Waals surface area (Å²) in [6.07, 6.45) is 3.46. The quantitative estimate of drug-likeness (QED) is 0.695. The maximum absolute atomic E-state index is 9.73. The van der Waals surface area contributed by atoms with Crippen LogP contribution in [0.25, 0.3) is 0 Å². The molecule has 2 aliphatic rings. The van der Waals surface area contributed by atoms with Crippen LogP contribution in [0.2, 0.25) is 0 Å². The third kappa shape index (κ3) is 2.47. The van der Waals surface area contributed by atoms with Crippen molar-refractivity contribution in [2.24, 2.45) is 5.92 Å². The minimum Gasteiger partial charge on any atom is -0.393 e. The van der Waals surface area contributed by atoms with Gasteiger partial charge < -0.3 is 14.9 Å². The minimum absolute atomic E-state index is 0.0188. The van der Waals surface area contributed by atoms with E-state index in [0.717, 1.165) is 13.0 Å². The Balaban J connectivity index is 1.74. The van der Waals surface area contributed by atoms with Gasteiger partial charge in [-0.1, -0.05) is 6.42 Å². The van der Waals surface area contributed by atoms with Gasteiger partial charge in [-0.05, 0) is 25.8 Å². The lowest BCUT2D eigenvalue weighted by Gasteiger charge is -2.34. The van der Waals surface area contributed by atoms with Gasteiger partial charge in [-0.2, -0.15) is 0 Å². The standard InChI is InChI=1S/C11H22N2O/c1-12-5-7-13(8-6-12)9-10-3-2-4-11(10)14/h10-11,14H,2-9H2,1H3. The molecule has 0 aromatic rings. The van der Waals surface area contributed by atoms with Crippen molar-refractivity contribution in [1.82, 2.24) is 9.80 Å². The first-order valence-corrected chi connectivity index (χ1v) is 5.84. The van der Waals surface area contributed by atoms with Crippen molar-refractivity contribution in [2.45, 2.75) is 25.4 Å². The number of nitrogens with zero attached hydrogens (tertiary/aromatic N) is 2. The number of aliphatic hydroxyl groups is 1. The number of hydrogen-bond donors (Lipinski definition) is 1. The van der Waals surface area contributed by atoms with E-state index in [1.165, 1.54) is 39.0 Å². The average Bonchev–Trinajstić information content (AvgIpc) is 2.56. The van der Waals surface area contributed by atoms with Crippen LogP contribution in [0.5, 0.6) is 0 Å². The van der Waals surface area contributed by atoms with Crippen molar-refractivity contribution in [1.29, 1.82) is 0 Å². The second-order valence-corrected chi connectivity index (χ2v) is 4.86. The van der Waals surface area contributed by atoms with Crippen molar-refractivity contribution in [2.75, 3.05) is 39.8 Å². The molecule has 1 heterocycles. The van der Waals surface area contributed by atoms with E-state index in [1.54, 1.807) is 0 Å². The van der Waals surface area contributed by atoms with Crippen LogP contribution in [0.3, 0.4) is 0 Å². The molecule has 1 saturated carbocycles. The Hall–Kier alpha value is -0.120. The van der Waals surface area contributed by atoms with Gasteiger partial charge in [-0.15, -0.1) is 0 Å². The van der Waals surface area contributed by atoms with Gasteiger partial charge in [0, 0.05) is 32.7 Å². The summed E-state index contributed by atoms with van der Waals surface area (Å²) < 4.78 is 0. The molecule has 1 aliphatic carbocycles. The molecule has 2 rings (SSSR count). The summed E-state index contributed by atoms with van der Waals surface area (Å²) >= 11 is 0. The largest absolute Gasteiger partial charge is 0.393 e. The predicted molar refractivity (Wildman–Crippen MR) is 57.3 cm³/mol. The lowest BCUT2D eigenvalue weighted by atomic mass is 10.1. The van der Waals surface area contributed by atoms with Crippen LogP contribution in [0, 0.1) is 5.92 Å². The van der Waals surface area contributed by atoms with Crippen LogP contribution in [0.15, 0.2) is 0 Å². The monoisotopic (exact) mass is 198 g/mol. The average molecular weight is 198 g/mol. The van der Waals surface area contributed by atoms with Crippen molar-refractivity contribution >= 4 is 0 Å². The van der Waals surface area contributed by atoms with Gasteiger partial charge in [-0.25, -0.2) is 0 Å². The number of rotatable bonds is 2. The first-order valence-electron chi connectivity index (χ1n) is 5.84. The minimum atomic E-state index is -0.0188. The van der Waals surface area contributed by atoms with E-state index in [9.17, 15) is 5.11 Å². The second-order valence-electron chi connectivity index (χ2n) is 4.86. The smallest absolute Gasteiger partial charge is 0.0580 e. The molecule has 2 unspecified atom stereocenters. The third-order valence-electron chi connectivity index (χ3n) is 3.71. The molecule has 3 heteroatoms. The molecule has 0 aromatic carbocycles. The Morgan fingerprint density at radius 3 is 2.43 bits per heavy atom. The van der Waals surface area contributed by atoms with Gasteiger partial charge in [0.25, 0.3) is 0 Å². The summed E-state index contributed by atoms with van der Waals surface area (Å²) in [5.41, 5.74) is 0. The highest BCUT2D eigenvalue weighted by Gasteiger charge is 2.27. The summed E-state index contributed by atoms with van der Waals surface area (Å²) in [6, 6.07) is 0. The highest BCUT2D eigenvalue weighted by Crippen LogP contribution is 2.26. The van der Waals surface area contributed by atoms with Gasteiger partial charge in [0.05, 0.1) is 6.10 Å². The van der Waals surface area contributed by atoms with E-state index in [2.05, 4.69) is 16.8 Å². The van der Waals surface area contributed by atoms with Crippen molar-refractivity contribution in [3.8, 4) is 0 Å². The van der Waals surface area contributed by atoms with E-state index in [4.69, 9.17) is 0 Å². The highest BCUT2D eigenvalue weighted by molar-refractivity contribution is 4.81. The van der Waals surface area contributed by atoms with Crippen LogP contribution in [-0.2, 0) is 0 Å². The molecular formula is C11H22N2O. The van der Waals surface area contributed by atoms with Crippen molar-refractivity contribution in [3.63, 3.8) is 0 Å². The SMILES string of the molecule is CN1CCN(CC2CCCC2O)CC1. The number of likely N-dealkylation sites (N-methyl/N-ethyl adjacent to an activating group) is 1. The van der Waals surface area contributed by atoms with Crippen molar-refractivity contribution < 1.29 is 5.11 Å². The molecule has 2 fully saturated rings. The summed E-state index contributed by atoms with van der Waals surface area (Å²) in [6.45, 7) is 5.85. The fraction of sp³-hybridized carbons (Fsp3) is 1.00. The molecule has 0 radical (unpaired) electrons. The normalized spacial score (nSPS) is 36.4. The first-order chi connectivity index (χ1) is 6.75. The fourth-order valence-corrected chi connectivity index (χ4v) is 2.59. The van der Waals surface area contributed by atoms with E-state index in [0.29, 0.717) is 5.92 Å². The molecule has 0 spiro atoms. The number of hydrogen-bond acceptors (Lipinski definition) is 3. The zero-order valence-corrected chi connectivity index (χ0v) is 9.15. The fourth-order valence-electron chi connectivity index (χ4n) is 2.59. The topological polar surface area (TPSA) is 26.7 Å². The molecule has 3 nitrogen and oxygen atoms in total. The van der Waals surface area contributed by atoms with E-state index in [-0.39, 0.29) is 6.10 Å². The van der Waals surface area contributed by atoms with E-state index in [1.807, 2.05) is 0 Å². The zero-order valence-electron chi connectivity index (χ0n) is 9.15. The summed E-state index contributed by atoms with van der Waals surface area (Å²) in [5, 5.41) is 9.73. The van der Waals surface area contributed by atoms with Gasteiger partial charge >= 0.3 is 0 Å². The van der Waals surface area contributed by atoms with Crippen LogP contribution >= 0.6 is 0 Å². The van der Waals surface area contributed by atoms with E-state index >= 15 is 0 Å². The number of piperazine rings is 1. The Morgan fingerprint density at radius 1 is 1.14 bits per heavy atom. The molecule has 0 bridgehead atoms. The Kier molecular flexibility index (Phi) is 3.42. The van der Waals surface area contributed by atoms with Gasteiger partial charge in [-0.3, -0.25) is 0 Å². The molecule has 0 aromatic heterocycles. The van der Waals surface area contributed by atoms with Gasteiger partial charge in [0.1, 0.15) is 0 Å². The Labute approximate surface area is 86.7 Å². The van der Waals surface area contributed by atoms with Crippen LogP contribution < -0.4 is 0 Å². The lowest BCUT2D eigenvalue weighted by Crippen LogP contribution is -2.46. The molecular weight excluding hydrogens is 176 g/mol. The molecule has 1 saturated heterocycles. The third-order valence-corrected chi connectivity index (χ3v) is 3.71. The molecule has 1 aliphatic heterocycles. The Bertz CT molecular complexity index is 178. The highest BCUT2D eigenvalue weighted by atomic mass is 16.3. The van der Waals surface area contributed by atoms with Crippen LogP contribution in [0.4, 0.5) is 0 Å². The zero-order chi connectivity index (χ0) is 9.97. The van der Waals surface area contributed by atoms with Gasteiger partial charge in [0.2, 0.25) is 0 Å². The van der Waals surface area contributed by atoms with E-state index < -0.39 is 0 Å². The molecule has 82 valence electrons. The summed E-state index contributed by atoms with van der Waals surface area (Å²) in [4.78, 5) is 4.89.